The normalized spacial score (nSPS) is 9.74. The first-order chi connectivity index (χ1) is 9.08. The highest BCUT2D eigenvalue weighted by molar-refractivity contribution is 14.1. The van der Waals surface area contributed by atoms with E-state index in [0.717, 1.165) is 12.8 Å². The predicted molar refractivity (Wildman–Crippen MR) is 79.6 cm³/mol. The number of unbranched alkanes of at least 4 members (excludes halogenated alkanes) is 1. The number of carbonyl (C=O) groups is 1. The summed E-state index contributed by atoms with van der Waals surface area (Å²) >= 11 is 2.01. The molecule has 1 aromatic rings. The van der Waals surface area contributed by atoms with Gasteiger partial charge in [-0.05, 0) is 41.1 Å². The van der Waals surface area contributed by atoms with Crippen molar-refractivity contribution in [1.82, 2.24) is 0 Å². The monoisotopic (exact) mass is 374 g/mol. The Bertz CT molecular complexity index is 474. The number of carbonyl (C=O) groups excluding carboxylic acids is 1. The zero-order valence-electron chi connectivity index (χ0n) is 10.6. The molecule has 0 bridgehead atoms. The number of esters is 1. The van der Waals surface area contributed by atoms with Gasteiger partial charge in [-0.2, -0.15) is 5.26 Å². The maximum Gasteiger partial charge on any atom is 0.344 e. The molecule has 5 nitrogen and oxygen atoms in total. The van der Waals surface area contributed by atoms with Gasteiger partial charge in [0.1, 0.15) is 0 Å². The third-order valence-electron chi connectivity index (χ3n) is 2.30. The molecule has 0 unspecified atom stereocenters. The van der Waals surface area contributed by atoms with E-state index in [2.05, 4.69) is 0 Å². The van der Waals surface area contributed by atoms with Crippen LogP contribution in [0.15, 0.2) is 12.1 Å². The van der Waals surface area contributed by atoms with Crippen LogP contribution < -0.4 is 10.5 Å². The molecule has 0 aliphatic rings. The van der Waals surface area contributed by atoms with Crippen LogP contribution in [0.2, 0.25) is 0 Å². The highest BCUT2D eigenvalue weighted by atomic mass is 127. The average Bonchev–Trinajstić information content (AvgIpc) is 2.37. The standard InChI is InChI=1S/C13H15IN2O3/c1-2-3-4-18-12(17)8-19-13-10(14)5-9(7-15)6-11(13)16/h5-6H,2-4,8,16H2,1H3. The molecule has 0 spiro atoms. The van der Waals surface area contributed by atoms with Crippen LogP contribution >= 0.6 is 22.6 Å². The van der Waals surface area contributed by atoms with Crippen molar-refractivity contribution < 1.29 is 14.3 Å². The second-order valence-corrected chi connectivity index (χ2v) is 5.01. The van der Waals surface area contributed by atoms with Crippen LogP contribution in [0.4, 0.5) is 5.69 Å². The summed E-state index contributed by atoms with van der Waals surface area (Å²) in [6.07, 6.45) is 1.80. The third kappa shape index (κ3) is 4.95. The molecule has 0 heterocycles. The number of hydrogen-bond donors (Lipinski definition) is 1. The Morgan fingerprint density at radius 2 is 2.26 bits per heavy atom. The lowest BCUT2D eigenvalue weighted by Gasteiger charge is -2.11. The topological polar surface area (TPSA) is 85.3 Å². The average molecular weight is 374 g/mol. The van der Waals surface area contributed by atoms with Crippen molar-refractivity contribution in [2.24, 2.45) is 0 Å². The summed E-state index contributed by atoms with van der Waals surface area (Å²) in [6, 6.07) is 5.16. The van der Waals surface area contributed by atoms with Crippen LogP contribution in [0.3, 0.4) is 0 Å². The Balaban J connectivity index is 2.59. The first kappa shape index (κ1) is 15.6. The smallest absolute Gasteiger partial charge is 0.344 e. The van der Waals surface area contributed by atoms with E-state index in [9.17, 15) is 4.79 Å². The van der Waals surface area contributed by atoms with Gasteiger partial charge in [0.05, 0.1) is 27.5 Å². The first-order valence-corrected chi connectivity index (χ1v) is 6.94. The molecule has 0 aliphatic carbocycles. The molecular formula is C13H15IN2O3. The first-order valence-electron chi connectivity index (χ1n) is 5.86. The molecule has 19 heavy (non-hydrogen) atoms. The quantitative estimate of drug-likeness (QED) is 0.358. The van der Waals surface area contributed by atoms with Gasteiger partial charge < -0.3 is 15.2 Å². The summed E-state index contributed by atoms with van der Waals surface area (Å²) in [7, 11) is 0. The van der Waals surface area contributed by atoms with Gasteiger partial charge in [0, 0.05) is 0 Å². The number of nitrogen functional groups attached to an aromatic ring is 1. The summed E-state index contributed by atoms with van der Waals surface area (Å²) < 4.78 is 11.0. The van der Waals surface area contributed by atoms with Crippen molar-refractivity contribution in [3.05, 3.63) is 21.3 Å². The molecule has 0 radical (unpaired) electrons. The van der Waals surface area contributed by atoms with Gasteiger partial charge >= 0.3 is 5.97 Å². The van der Waals surface area contributed by atoms with Crippen LogP contribution in [0, 0.1) is 14.9 Å². The van der Waals surface area contributed by atoms with Crippen molar-refractivity contribution in [2.75, 3.05) is 18.9 Å². The van der Waals surface area contributed by atoms with Crippen LogP contribution in [0.1, 0.15) is 25.3 Å². The molecule has 0 fully saturated rings. The van der Waals surface area contributed by atoms with Gasteiger partial charge in [-0.1, -0.05) is 13.3 Å². The van der Waals surface area contributed by atoms with Gasteiger partial charge in [0.25, 0.3) is 0 Å². The Morgan fingerprint density at radius 3 is 2.84 bits per heavy atom. The second kappa shape index (κ2) is 7.84. The molecular weight excluding hydrogens is 359 g/mol. The SMILES string of the molecule is CCCCOC(=O)COc1c(N)cc(C#N)cc1I. The lowest BCUT2D eigenvalue weighted by atomic mass is 10.2. The third-order valence-corrected chi connectivity index (χ3v) is 3.10. The number of hydrogen-bond acceptors (Lipinski definition) is 5. The maximum atomic E-state index is 11.4. The fourth-order valence-electron chi connectivity index (χ4n) is 1.33. The lowest BCUT2D eigenvalue weighted by molar-refractivity contribution is -0.146. The molecule has 0 amide bonds. The highest BCUT2D eigenvalue weighted by Crippen LogP contribution is 2.29. The number of ether oxygens (including phenoxy) is 2. The Labute approximate surface area is 125 Å². The van der Waals surface area contributed by atoms with E-state index in [0.29, 0.717) is 27.2 Å². The zero-order chi connectivity index (χ0) is 14.3. The number of rotatable bonds is 6. The van der Waals surface area contributed by atoms with E-state index in [1.54, 1.807) is 6.07 Å². The minimum Gasteiger partial charge on any atom is -0.479 e. The van der Waals surface area contributed by atoms with Crippen LogP contribution in [0.25, 0.3) is 0 Å². The van der Waals surface area contributed by atoms with E-state index >= 15 is 0 Å². The molecule has 0 atom stereocenters. The fraction of sp³-hybridized carbons (Fsp3) is 0.385. The number of anilines is 1. The maximum absolute atomic E-state index is 11.4. The number of halogens is 1. The molecule has 0 saturated heterocycles. The van der Waals surface area contributed by atoms with Crippen LogP contribution in [0.5, 0.6) is 5.75 Å². The van der Waals surface area contributed by atoms with Crippen molar-refractivity contribution in [1.29, 1.82) is 5.26 Å². The molecule has 1 aromatic carbocycles. The second-order valence-electron chi connectivity index (χ2n) is 3.85. The summed E-state index contributed by atoms with van der Waals surface area (Å²) in [5, 5.41) is 8.79. The van der Waals surface area contributed by atoms with Crippen LogP contribution in [-0.2, 0) is 9.53 Å². The zero-order valence-corrected chi connectivity index (χ0v) is 12.8. The van der Waals surface area contributed by atoms with Crippen molar-refractivity contribution >= 4 is 34.2 Å². The van der Waals surface area contributed by atoms with Gasteiger partial charge in [0.15, 0.2) is 12.4 Å². The molecule has 0 saturated carbocycles. The Kier molecular flexibility index (Phi) is 6.42. The molecule has 6 heteroatoms. The molecule has 1 rings (SSSR count). The van der Waals surface area contributed by atoms with Crippen molar-refractivity contribution in [3.63, 3.8) is 0 Å². The van der Waals surface area contributed by atoms with E-state index in [4.69, 9.17) is 20.5 Å². The minimum absolute atomic E-state index is 0.185. The summed E-state index contributed by atoms with van der Waals surface area (Å²) in [6.45, 7) is 2.23. The Morgan fingerprint density at radius 1 is 1.53 bits per heavy atom. The van der Waals surface area contributed by atoms with Gasteiger partial charge in [0.2, 0.25) is 0 Å². The lowest BCUT2D eigenvalue weighted by Crippen LogP contribution is -2.16. The van der Waals surface area contributed by atoms with Gasteiger partial charge in [-0.3, -0.25) is 0 Å². The summed E-state index contributed by atoms with van der Waals surface area (Å²) in [5.74, 6) is -0.0138. The summed E-state index contributed by atoms with van der Waals surface area (Å²) in [4.78, 5) is 11.4. The van der Waals surface area contributed by atoms with E-state index in [-0.39, 0.29) is 6.61 Å². The number of benzene rings is 1. The van der Waals surface area contributed by atoms with Crippen LogP contribution in [-0.4, -0.2) is 19.2 Å². The van der Waals surface area contributed by atoms with E-state index < -0.39 is 5.97 Å². The Hall–Kier alpha value is -1.49. The fourth-order valence-corrected chi connectivity index (χ4v) is 2.14. The molecule has 0 aromatic heterocycles. The minimum atomic E-state index is -0.423. The number of nitriles is 1. The molecule has 0 aliphatic heterocycles. The van der Waals surface area contributed by atoms with E-state index in [1.807, 2.05) is 35.6 Å². The highest BCUT2D eigenvalue weighted by Gasteiger charge is 2.11. The molecule has 102 valence electrons. The predicted octanol–water partition coefficient (Wildman–Crippen LogP) is 2.47. The summed E-state index contributed by atoms with van der Waals surface area (Å²) in [5.41, 5.74) is 6.57. The van der Waals surface area contributed by atoms with Crippen molar-refractivity contribution in [3.8, 4) is 11.8 Å². The number of nitrogens with zero attached hydrogens (tertiary/aromatic N) is 1. The largest absolute Gasteiger partial charge is 0.479 e. The number of nitrogens with two attached hydrogens (primary N) is 1. The van der Waals surface area contributed by atoms with E-state index in [1.165, 1.54) is 6.07 Å². The molecule has 2 N–H and O–H groups in total. The van der Waals surface area contributed by atoms with Gasteiger partial charge in [-0.15, -0.1) is 0 Å². The van der Waals surface area contributed by atoms with Gasteiger partial charge in [-0.25, -0.2) is 4.79 Å². The van der Waals surface area contributed by atoms with Crippen molar-refractivity contribution in [2.45, 2.75) is 19.8 Å².